The minimum atomic E-state index is -1.21. The van der Waals surface area contributed by atoms with Gasteiger partial charge in [0, 0.05) is 4.98 Å². The number of rotatable bonds is 3. The van der Waals surface area contributed by atoms with E-state index in [-0.39, 0.29) is 0 Å². The van der Waals surface area contributed by atoms with Gasteiger partial charge in [0.05, 0.1) is 4.92 Å². The van der Waals surface area contributed by atoms with Crippen molar-refractivity contribution >= 4 is 17.5 Å². The van der Waals surface area contributed by atoms with Crippen molar-refractivity contribution in [3.8, 4) is 0 Å². The molecule has 15 heavy (non-hydrogen) atoms. The van der Waals surface area contributed by atoms with Crippen molar-refractivity contribution in [2.24, 2.45) is 0 Å². The molecule has 78 valence electrons. The van der Waals surface area contributed by atoms with Crippen LogP contribution in [0.1, 0.15) is 0 Å². The van der Waals surface area contributed by atoms with Gasteiger partial charge in [-0.2, -0.15) is 0 Å². The molecule has 0 bridgehead atoms. The van der Waals surface area contributed by atoms with Crippen LogP contribution in [0.4, 0.5) is 17.5 Å². The largest absolute Gasteiger partial charge is 0.509 e. The van der Waals surface area contributed by atoms with E-state index in [9.17, 15) is 30.3 Å². The number of nitrogens with zero attached hydrogens (tertiary/aromatic N) is 5. The fourth-order valence-electron chi connectivity index (χ4n) is 0.709. The van der Waals surface area contributed by atoms with E-state index in [0.29, 0.717) is 6.20 Å². The Bertz CT molecular complexity index is 457. The van der Waals surface area contributed by atoms with Crippen molar-refractivity contribution in [2.45, 2.75) is 0 Å². The van der Waals surface area contributed by atoms with Gasteiger partial charge in [-0.05, 0) is 9.85 Å². The van der Waals surface area contributed by atoms with Crippen molar-refractivity contribution in [3.63, 3.8) is 0 Å². The molecule has 0 N–H and O–H groups in total. The smallest absolute Gasteiger partial charge is 0.389 e. The highest BCUT2D eigenvalue weighted by Gasteiger charge is 2.31. The number of aromatic nitrogens is 2. The van der Waals surface area contributed by atoms with Crippen LogP contribution in [0.25, 0.3) is 0 Å². The molecule has 0 saturated carbocycles. The van der Waals surface area contributed by atoms with Crippen LogP contribution >= 0.6 is 0 Å². The van der Waals surface area contributed by atoms with E-state index in [0.717, 1.165) is 0 Å². The van der Waals surface area contributed by atoms with Crippen molar-refractivity contribution in [1.82, 2.24) is 9.97 Å². The first kappa shape index (κ1) is 10.4. The Labute approximate surface area is 79.8 Å². The van der Waals surface area contributed by atoms with E-state index in [1.54, 1.807) is 0 Å². The summed E-state index contributed by atoms with van der Waals surface area (Å²) in [5, 5.41) is 30.7. The summed E-state index contributed by atoms with van der Waals surface area (Å²) in [5.74, 6) is -2.27. The van der Waals surface area contributed by atoms with Crippen molar-refractivity contribution in [1.29, 1.82) is 0 Å². The lowest BCUT2D eigenvalue weighted by Gasteiger charge is -1.93. The Morgan fingerprint density at radius 2 is 1.60 bits per heavy atom. The molecule has 0 unspecified atom stereocenters. The first-order valence-electron chi connectivity index (χ1n) is 3.23. The molecule has 0 saturated heterocycles. The van der Waals surface area contributed by atoms with Crippen LogP contribution in [0.15, 0.2) is 6.20 Å². The van der Waals surface area contributed by atoms with Gasteiger partial charge in [0.15, 0.2) is 6.20 Å². The lowest BCUT2D eigenvalue weighted by atomic mass is 10.5. The zero-order valence-corrected chi connectivity index (χ0v) is 6.76. The molecule has 0 atom stereocenters. The summed E-state index contributed by atoms with van der Waals surface area (Å²) in [6.45, 7) is 0. The van der Waals surface area contributed by atoms with Gasteiger partial charge in [-0.1, -0.05) is 4.98 Å². The minimum absolute atomic E-state index is 0.420. The van der Waals surface area contributed by atoms with Crippen molar-refractivity contribution < 1.29 is 14.8 Å². The third-order valence-corrected chi connectivity index (χ3v) is 1.27. The molecule has 0 amide bonds. The monoisotopic (exact) mass is 215 g/mol. The highest BCUT2D eigenvalue weighted by atomic mass is 16.6. The third kappa shape index (κ3) is 1.96. The topological polar surface area (TPSA) is 155 Å². The molecule has 1 aromatic heterocycles. The van der Waals surface area contributed by atoms with Crippen molar-refractivity contribution in [2.75, 3.05) is 0 Å². The summed E-state index contributed by atoms with van der Waals surface area (Å²) < 4.78 is 0. The summed E-state index contributed by atoms with van der Waals surface area (Å²) in [6.07, 6.45) is 0.420. The summed E-state index contributed by atoms with van der Waals surface area (Å²) in [4.78, 5) is 33.2. The first-order chi connectivity index (χ1) is 6.93. The molecule has 11 heteroatoms. The SMILES string of the molecule is O=[N+]([O-])c1ncc([N+](=O)[O-])c([N+](=O)[O-])n1. The molecule has 0 aliphatic heterocycles. The number of nitro groups is 3. The van der Waals surface area contributed by atoms with E-state index < -0.39 is 32.2 Å². The lowest BCUT2D eigenvalue weighted by Crippen LogP contribution is -2.03. The van der Waals surface area contributed by atoms with E-state index in [4.69, 9.17) is 0 Å². The van der Waals surface area contributed by atoms with Crippen LogP contribution in [0.5, 0.6) is 0 Å². The molecule has 0 radical (unpaired) electrons. The maximum atomic E-state index is 10.3. The van der Waals surface area contributed by atoms with E-state index in [1.807, 2.05) is 0 Å². The van der Waals surface area contributed by atoms with Crippen LogP contribution in [0.2, 0.25) is 0 Å². The molecule has 0 aliphatic rings. The molecule has 0 spiro atoms. The zero-order chi connectivity index (χ0) is 11.6. The Morgan fingerprint density at radius 1 is 1.00 bits per heavy atom. The second-order valence-corrected chi connectivity index (χ2v) is 2.15. The normalized spacial score (nSPS) is 9.60. The summed E-state index contributed by atoms with van der Waals surface area (Å²) in [7, 11) is 0. The van der Waals surface area contributed by atoms with Gasteiger partial charge in [0.25, 0.3) is 0 Å². The van der Waals surface area contributed by atoms with Crippen LogP contribution in [0, 0.1) is 30.3 Å². The predicted molar refractivity (Wildman–Crippen MR) is 42.0 cm³/mol. The molecule has 1 rings (SSSR count). The van der Waals surface area contributed by atoms with Crippen molar-refractivity contribution in [3.05, 3.63) is 36.5 Å². The fraction of sp³-hybridized carbons (Fsp3) is 0. The molecule has 1 aromatic rings. The highest BCUT2D eigenvalue weighted by molar-refractivity contribution is 5.45. The molecular formula is C4HN5O6. The van der Waals surface area contributed by atoms with Gasteiger partial charge >= 0.3 is 17.5 Å². The van der Waals surface area contributed by atoms with Crippen LogP contribution in [0.3, 0.4) is 0 Å². The number of hydrogen-bond acceptors (Lipinski definition) is 8. The molecule has 11 nitrogen and oxygen atoms in total. The van der Waals surface area contributed by atoms with Crippen LogP contribution in [-0.4, -0.2) is 24.7 Å². The average Bonchev–Trinajstić information content (AvgIpc) is 2.16. The summed E-state index contributed by atoms with van der Waals surface area (Å²) in [5.41, 5.74) is -0.995. The second kappa shape index (κ2) is 3.57. The van der Waals surface area contributed by atoms with Crippen LogP contribution in [-0.2, 0) is 0 Å². The molecule has 0 aliphatic carbocycles. The third-order valence-electron chi connectivity index (χ3n) is 1.27. The maximum absolute atomic E-state index is 10.3. The Morgan fingerprint density at radius 3 is 2.00 bits per heavy atom. The highest BCUT2D eigenvalue weighted by Crippen LogP contribution is 2.24. The van der Waals surface area contributed by atoms with E-state index in [1.165, 1.54) is 0 Å². The predicted octanol–water partition coefficient (Wildman–Crippen LogP) is 0.201. The molecule has 0 aromatic carbocycles. The van der Waals surface area contributed by atoms with Gasteiger partial charge in [0.2, 0.25) is 0 Å². The Hall–Kier alpha value is -2.72. The fourth-order valence-corrected chi connectivity index (χ4v) is 0.709. The Kier molecular flexibility index (Phi) is 2.46. The van der Waals surface area contributed by atoms with E-state index >= 15 is 0 Å². The minimum Gasteiger partial charge on any atom is -0.389 e. The summed E-state index contributed by atoms with van der Waals surface area (Å²) in [6, 6.07) is 0. The first-order valence-corrected chi connectivity index (χ1v) is 3.23. The maximum Gasteiger partial charge on any atom is 0.509 e. The average molecular weight is 215 g/mol. The number of hydrogen-bond donors (Lipinski definition) is 0. The van der Waals surface area contributed by atoms with Gasteiger partial charge in [-0.15, -0.1) is 0 Å². The zero-order valence-electron chi connectivity index (χ0n) is 6.76. The van der Waals surface area contributed by atoms with Gasteiger partial charge in [-0.3, -0.25) is 10.1 Å². The standard InChI is InChI=1S/C4HN5O6/c10-7(11)2-1-5-4(9(14)15)6-3(2)8(12)13/h1H. The Balaban J connectivity index is 3.40. The van der Waals surface area contributed by atoms with Gasteiger partial charge < -0.3 is 20.2 Å². The van der Waals surface area contributed by atoms with Crippen LogP contribution < -0.4 is 0 Å². The second-order valence-electron chi connectivity index (χ2n) is 2.15. The lowest BCUT2D eigenvalue weighted by molar-refractivity contribution is -0.430. The van der Waals surface area contributed by atoms with E-state index in [2.05, 4.69) is 9.97 Å². The van der Waals surface area contributed by atoms with Gasteiger partial charge in [0.1, 0.15) is 0 Å². The quantitative estimate of drug-likeness (QED) is 0.511. The summed E-state index contributed by atoms with van der Waals surface area (Å²) >= 11 is 0. The molecular weight excluding hydrogens is 214 g/mol. The molecule has 1 heterocycles. The molecule has 0 fully saturated rings. The van der Waals surface area contributed by atoms with Gasteiger partial charge in [-0.25, -0.2) is 0 Å².